The monoisotopic (exact) mass is 1260 g/mol. The number of aryl methyl sites for hydroxylation is 2. The van der Waals surface area contributed by atoms with E-state index in [0.717, 1.165) is 0 Å². The molecule has 0 unspecified atom stereocenters. The molecule has 0 nitrogen and oxygen atoms in total. The van der Waals surface area contributed by atoms with Crippen molar-refractivity contribution >= 4 is 181 Å². The van der Waals surface area contributed by atoms with Crippen molar-refractivity contribution in [1.29, 1.82) is 0 Å². The summed E-state index contributed by atoms with van der Waals surface area (Å²) < 4.78 is 16.0. The maximum atomic E-state index is 2.66. The van der Waals surface area contributed by atoms with Crippen LogP contribution in [0.2, 0.25) is 78.6 Å². The number of thiophene rings is 4. The van der Waals surface area contributed by atoms with Gasteiger partial charge in [0.15, 0.2) is 0 Å². The molecule has 4 heterocycles. The van der Waals surface area contributed by atoms with Crippen LogP contribution in [0.15, 0.2) is 24.3 Å². The lowest BCUT2D eigenvalue weighted by molar-refractivity contribution is 0.557. The molecule has 0 saturated heterocycles. The maximum Gasteiger partial charge on any atom is 0.0918 e. The Morgan fingerprint density at radius 1 is 0.318 bits per heavy atom. The van der Waals surface area contributed by atoms with E-state index in [1.165, 1.54) is 169 Å². The van der Waals surface area contributed by atoms with Gasteiger partial charge in [-0.15, -0.1) is 45.3 Å². The summed E-state index contributed by atoms with van der Waals surface area (Å²) in [7, 11) is -5.27. The molecule has 4 aromatic heterocycles. The van der Waals surface area contributed by atoms with Crippen molar-refractivity contribution in [3.05, 3.63) is 42.5 Å². The number of rotatable bonds is 26. The SMILES string of the molecule is CCCCCCCCCCCCc1c([Si](C)(C)C)sc2cc3c(CCCCCCCCCCCC)c([Si](C)(C)C)sc3cc12.C[Si](C)(C)c1sc2cc3c(I)c([Si](C)(C)C)sc3cc2c1I. The summed E-state index contributed by atoms with van der Waals surface area (Å²) in [6.07, 6.45) is 31.0. The number of halogens is 2. The van der Waals surface area contributed by atoms with Crippen LogP contribution < -0.4 is 18.0 Å². The highest BCUT2D eigenvalue weighted by atomic mass is 127. The van der Waals surface area contributed by atoms with Crippen molar-refractivity contribution in [1.82, 2.24) is 0 Å². The fraction of sp³-hybridized carbons (Fsp3) is 0.643. The molecule has 0 fully saturated rings. The smallest absolute Gasteiger partial charge is 0.0918 e. The first kappa shape index (κ1) is 57.5. The van der Waals surface area contributed by atoms with E-state index in [9.17, 15) is 0 Å². The molecule has 0 atom stereocenters. The van der Waals surface area contributed by atoms with Gasteiger partial charge in [0.05, 0.1) is 32.3 Å². The molecule has 0 aliphatic rings. The zero-order chi connectivity index (χ0) is 48.5. The summed E-state index contributed by atoms with van der Waals surface area (Å²) in [5.41, 5.74) is 3.48. The number of fused-ring (bicyclic) bond motifs is 4. The molecule has 0 bridgehead atoms. The number of unbranched alkanes of at least 4 members (excludes halogenated alkanes) is 18. The quantitative estimate of drug-likeness (QED) is 0.0288. The Morgan fingerprint density at radius 3 is 0.818 bits per heavy atom. The zero-order valence-electron chi connectivity index (χ0n) is 44.3. The van der Waals surface area contributed by atoms with Gasteiger partial charge in [-0.1, -0.05) is 208 Å². The maximum absolute atomic E-state index is 2.66. The second kappa shape index (κ2) is 26.0. The topological polar surface area (TPSA) is 0 Å². The molecule has 0 saturated carbocycles. The minimum Gasteiger partial charge on any atom is -0.145 e. The van der Waals surface area contributed by atoms with Gasteiger partial charge in [0.2, 0.25) is 0 Å². The highest BCUT2D eigenvalue weighted by Crippen LogP contribution is 2.39. The second-order valence-corrected chi connectivity index (χ2v) is 51.7. The van der Waals surface area contributed by atoms with E-state index < -0.39 is 32.3 Å². The predicted molar refractivity (Wildman–Crippen MR) is 343 cm³/mol. The van der Waals surface area contributed by atoms with Crippen LogP contribution in [0.4, 0.5) is 0 Å². The first-order chi connectivity index (χ1) is 31.1. The molecule has 0 radical (unpaired) electrons. The summed E-state index contributed by atoms with van der Waals surface area (Å²) in [4.78, 5) is 0. The third kappa shape index (κ3) is 15.8. The normalized spacial score (nSPS) is 13.0. The molecule has 6 rings (SSSR count). The molecular formula is C56H90I2S4Si4. The van der Waals surface area contributed by atoms with E-state index in [-0.39, 0.29) is 0 Å². The lowest BCUT2D eigenvalue weighted by Crippen LogP contribution is -2.37. The fourth-order valence-corrected chi connectivity index (χ4v) is 30.4. The first-order valence-electron chi connectivity index (χ1n) is 26.4. The van der Waals surface area contributed by atoms with E-state index in [1.54, 1.807) is 49.3 Å². The summed E-state index contributed by atoms with van der Waals surface area (Å²) in [5, 5.41) is 6.19. The van der Waals surface area contributed by atoms with Gasteiger partial charge in [-0.25, -0.2) is 0 Å². The first-order valence-corrected chi connectivity index (χ1v) is 45.9. The van der Waals surface area contributed by atoms with Gasteiger partial charge >= 0.3 is 0 Å². The standard InChI is InChI=1S/C40H70S2Si2.C16H20I2S2Si2/c1-9-11-13-15-17-19-21-23-25-27-29-33-35-31-38-36(32-37(35)41-39(33)43(3,4)5)34(40(42-38)44(6,7)8)30-28-26-24-22-20-18-16-14-12-10-2;1-21(2,3)15-13(17)9-7-12-10(8-11(9)19-15)14(18)16(20-12)22(4,5)6/h31-32H,9-30H2,1-8H3;7-8H,1-6H3. The fourth-order valence-electron chi connectivity index (χ4n) is 9.67. The Bertz CT molecular complexity index is 2270. The second-order valence-electron chi connectivity index (χ2n) is 23.9. The van der Waals surface area contributed by atoms with Crippen LogP contribution in [-0.2, 0) is 12.8 Å². The van der Waals surface area contributed by atoms with E-state index in [0.29, 0.717) is 0 Å². The van der Waals surface area contributed by atoms with Crippen LogP contribution in [0.5, 0.6) is 0 Å². The molecule has 6 aromatic rings. The van der Waals surface area contributed by atoms with Crippen molar-refractivity contribution in [2.45, 2.75) is 234 Å². The number of benzene rings is 2. The minimum absolute atomic E-state index is 1.25. The average molecular weight is 1260 g/mol. The Morgan fingerprint density at radius 2 is 0.545 bits per heavy atom. The van der Waals surface area contributed by atoms with Gasteiger partial charge in [0.1, 0.15) is 0 Å². The van der Waals surface area contributed by atoms with Crippen LogP contribution in [0.3, 0.4) is 0 Å². The summed E-state index contributed by atoms with van der Waals surface area (Å²) in [5.74, 6) is 0. The van der Waals surface area contributed by atoms with Crippen molar-refractivity contribution in [2.24, 2.45) is 0 Å². The third-order valence-electron chi connectivity index (χ3n) is 13.4. The molecule has 66 heavy (non-hydrogen) atoms. The summed E-state index contributed by atoms with van der Waals surface area (Å²) in [6.45, 7) is 34.8. The van der Waals surface area contributed by atoms with Gasteiger partial charge < -0.3 is 0 Å². The highest BCUT2D eigenvalue weighted by molar-refractivity contribution is 14.1. The summed E-state index contributed by atoms with van der Waals surface area (Å²) >= 11 is 13.6. The molecule has 368 valence electrons. The number of hydrogen-bond donors (Lipinski definition) is 0. The van der Waals surface area contributed by atoms with Gasteiger partial charge in [0.25, 0.3) is 0 Å². The summed E-state index contributed by atoms with van der Waals surface area (Å²) in [6, 6.07) is 10.2. The van der Waals surface area contributed by atoms with Gasteiger partial charge in [0, 0.05) is 45.7 Å². The van der Waals surface area contributed by atoms with Gasteiger partial charge in [-0.05, 0) is 126 Å². The van der Waals surface area contributed by atoms with Crippen molar-refractivity contribution in [3.8, 4) is 0 Å². The van der Waals surface area contributed by atoms with Crippen LogP contribution >= 0.6 is 90.5 Å². The van der Waals surface area contributed by atoms with Crippen LogP contribution in [0, 0.1) is 7.14 Å². The Hall–Kier alpha value is 0.608. The Kier molecular flexibility index (Phi) is 22.7. The zero-order valence-corrected chi connectivity index (χ0v) is 55.8. The van der Waals surface area contributed by atoms with Crippen molar-refractivity contribution in [2.75, 3.05) is 0 Å². The van der Waals surface area contributed by atoms with E-state index in [1.807, 2.05) is 22.7 Å². The van der Waals surface area contributed by atoms with Crippen LogP contribution in [0.1, 0.15) is 153 Å². The van der Waals surface area contributed by atoms with Crippen molar-refractivity contribution < 1.29 is 0 Å². The predicted octanol–water partition coefficient (Wildman–Crippen LogP) is 20.5. The minimum atomic E-state index is -1.39. The molecule has 0 spiro atoms. The number of hydrogen-bond acceptors (Lipinski definition) is 4. The Labute approximate surface area is 452 Å². The van der Waals surface area contributed by atoms with Crippen molar-refractivity contribution in [3.63, 3.8) is 0 Å². The van der Waals surface area contributed by atoms with Crippen LogP contribution in [-0.4, -0.2) is 32.3 Å². The highest BCUT2D eigenvalue weighted by Gasteiger charge is 2.29. The lowest BCUT2D eigenvalue weighted by atomic mass is 10.0. The molecule has 2 aromatic carbocycles. The van der Waals surface area contributed by atoms with E-state index in [2.05, 4.69) is 185 Å². The van der Waals surface area contributed by atoms with Crippen LogP contribution in [0.25, 0.3) is 40.3 Å². The molecule has 0 N–H and O–H groups in total. The van der Waals surface area contributed by atoms with E-state index in [4.69, 9.17) is 0 Å². The van der Waals surface area contributed by atoms with Gasteiger partial charge in [-0.2, -0.15) is 0 Å². The van der Waals surface area contributed by atoms with Gasteiger partial charge in [-0.3, -0.25) is 0 Å². The molecule has 0 amide bonds. The molecule has 0 aliphatic carbocycles. The largest absolute Gasteiger partial charge is 0.145 e. The lowest BCUT2D eigenvalue weighted by Gasteiger charge is -2.17. The molecule has 0 aliphatic heterocycles. The molecule has 10 heteroatoms. The third-order valence-corrected chi connectivity index (χ3v) is 36.4. The Balaban J connectivity index is 0.000000308. The average Bonchev–Trinajstić information content (AvgIpc) is 3.98. The molecular weight excluding hydrogens is 1170 g/mol. The van der Waals surface area contributed by atoms with E-state index >= 15 is 0 Å².